The number of rotatable bonds is 4. The molecular formula is C25H23N3O4S2. The van der Waals surface area contributed by atoms with E-state index in [1.165, 1.54) is 0 Å². The second-order valence-corrected chi connectivity index (χ2v) is 10.8. The molecule has 0 aliphatic carbocycles. The highest BCUT2D eigenvalue weighted by Crippen LogP contribution is 2.46. The standard InChI is InChI=1S/C25H23N3O4S2/c1-4-16-12-17(13-19-22(16)27-33-26-19)21-18-10-5-6-11-20(18)34(31,32)28(24(21)25(29)30)23-14(2)8-7-9-15(23)3/h5-13,21,24H,4H2,1-3H3,(H,29,30). The number of anilines is 1. The normalized spacial score (nSPS) is 19.2. The van der Waals surface area contributed by atoms with Crippen LogP contribution in [0.15, 0.2) is 59.5 Å². The number of hydrogen-bond acceptors (Lipinski definition) is 6. The van der Waals surface area contributed by atoms with Gasteiger partial charge in [0.1, 0.15) is 11.0 Å². The summed E-state index contributed by atoms with van der Waals surface area (Å²) in [4.78, 5) is 13.0. The van der Waals surface area contributed by atoms with Gasteiger partial charge in [0.05, 0.1) is 22.3 Å². The van der Waals surface area contributed by atoms with Gasteiger partial charge in [-0.15, -0.1) is 0 Å². The quantitative estimate of drug-likeness (QED) is 0.444. The average molecular weight is 494 g/mol. The molecule has 174 valence electrons. The number of benzene rings is 3. The van der Waals surface area contributed by atoms with E-state index in [-0.39, 0.29) is 4.90 Å². The summed E-state index contributed by atoms with van der Waals surface area (Å²) in [5.74, 6) is -1.94. The van der Waals surface area contributed by atoms with Gasteiger partial charge >= 0.3 is 5.97 Å². The first-order valence-corrected chi connectivity index (χ1v) is 13.1. The molecule has 2 atom stereocenters. The summed E-state index contributed by atoms with van der Waals surface area (Å²) in [6.45, 7) is 5.61. The van der Waals surface area contributed by atoms with Crippen molar-refractivity contribution in [3.63, 3.8) is 0 Å². The highest BCUT2D eigenvalue weighted by atomic mass is 32.2. The first kappa shape index (κ1) is 22.5. The Bertz CT molecular complexity index is 1520. The van der Waals surface area contributed by atoms with Gasteiger partial charge in [-0.1, -0.05) is 49.4 Å². The Labute approximate surface area is 202 Å². The van der Waals surface area contributed by atoms with Crippen LogP contribution in [0.4, 0.5) is 5.69 Å². The number of carboxylic acid groups (broad SMARTS) is 1. The van der Waals surface area contributed by atoms with Gasteiger partial charge in [0, 0.05) is 5.92 Å². The van der Waals surface area contributed by atoms with E-state index in [1.807, 2.05) is 25.1 Å². The van der Waals surface area contributed by atoms with Crippen LogP contribution in [0.1, 0.15) is 40.7 Å². The molecule has 34 heavy (non-hydrogen) atoms. The minimum Gasteiger partial charge on any atom is -0.480 e. The molecule has 1 aromatic heterocycles. The summed E-state index contributed by atoms with van der Waals surface area (Å²) in [7, 11) is -4.14. The third kappa shape index (κ3) is 3.30. The van der Waals surface area contributed by atoms with Crippen molar-refractivity contribution in [3.8, 4) is 0 Å². The fraction of sp³-hybridized carbons (Fsp3) is 0.240. The van der Waals surface area contributed by atoms with Crippen LogP contribution in [-0.4, -0.2) is 34.3 Å². The molecule has 2 heterocycles. The Morgan fingerprint density at radius 1 is 1.06 bits per heavy atom. The molecule has 0 bridgehead atoms. The van der Waals surface area contributed by atoms with E-state index in [0.717, 1.165) is 27.1 Å². The molecular weight excluding hydrogens is 470 g/mol. The molecule has 0 saturated carbocycles. The number of sulfonamides is 1. The summed E-state index contributed by atoms with van der Waals surface area (Å²) in [6.07, 6.45) is 0.695. The van der Waals surface area contributed by atoms with Gasteiger partial charge in [-0.2, -0.15) is 8.75 Å². The zero-order valence-electron chi connectivity index (χ0n) is 18.9. The van der Waals surface area contributed by atoms with Crippen LogP contribution in [0.5, 0.6) is 0 Å². The summed E-state index contributed by atoms with van der Waals surface area (Å²) in [6, 6.07) is 14.5. The lowest BCUT2D eigenvalue weighted by Crippen LogP contribution is -2.53. The van der Waals surface area contributed by atoms with Crippen LogP contribution >= 0.6 is 11.7 Å². The second kappa shape index (κ2) is 8.18. The molecule has 9 heteroatoms. The number of carbonyl (C=O) groups is 1. The topological polar surface area (TPSA) is 100 Å². The number of nitrogens with zero attached hydrogens (tertiary/aromatic N) is 3. The molecule has 1 N–H and O–H groups in total. The number of hydrogen-bond donors (Lipinski definition) is 1. The van der Waals surface area contributed by atoms with E-state index in [9.17, 15) is 18.3 Å². The lowest BCUT2D eigenvalue weighted by Gasteiger charge is -2.41. The predicted molar refractivity (Wildman–Crippen MR) is 132 cm³/mol. The number of fused-ring (bicyclic) bond motifs is 2. The molecule has 0 amide bonds. The zero-order valence-corrected chi connectivity index (χ0v) is 20.5. The van der Waals surface area contributed by atoms with E-state index in [2.05, 4.69) is 8.75 Å². The Balaban J connectivity index is 1.87. The van der Waals surface area contributed by atoms with Gasteiger partial charge in [0.15, 0.2) is 6.04 Å². The average Bonchev–Trinajstić information content (AvgIpc) is 3.28. The van der Waals surface area contributed by atoms with Crippen molar-refractivity contribution in [3.05, 3.63) is 82.4 Å². The summed E-state index contributed by atoms with van der Waals surface area (Å²) < 4.78 is 37.8. The summed E-state index contributed by atoms with van der Waals surface area (Å²) >= 11 is 1.11. The maximum Gasteiger partial charge on any atom is 0.328 e. The Morgan fingerprint density at radius 3 is 2.44 bits per heavy atom. The molecule has 0 radical (unpaired) electrons. The smallest absolute Gasteiger partial charge is 0.328 e. The van der Waals surface area contributed by atoms with Crippen LogP contribution in [0.3, 0.4) is 0 Å². The Morgan fingerprint density at radius 2 is 1.76 bits per heavy atom. The molecule has 0 saturated heterocycles. The van der Waals surface area contributed by atoms with Crippen LogP contribution in [0.25, 0.3) is 11.0 Å². The monoisotopic (exact) mass is 493 g/mol. The SMILES string of the molecule is CCc1cc(C2c3ccccc3S(=O)(=O)N(c3c(C)cccc3C)C2C(=O)O)cc2nsnc12. The van der Waals surface area contributed by atoms with Gasteiger partial charge in [-0.25, -0.2) is 13.2 Å². The first-order valence-electron chi connectivity index (χ1n) is 10.9. The highest BCUT2D eigenvalue weighted by molar-refractivity contribution is 7.93. The maximum absolute atomic E-state index is 13.9. The van der Waals surface area contributed by atoms with E-state index < -0.39 is 28.0 Å². The molecule has 0 spiro atoms. The molecule has 3 aromatic carbocycles. The number of aryl methyl sites for hydroxylation is 3. The molecule has 7 nitrogen and oxygen atoms in total. The predicted octanol–water partition coefficient (Wildman–Crippen LogP) is 4.66. The minimum absolute atomic E-state index is 0.120. The van der Waals surface area contributed by atoms with Crippen LogP contribution in [0, 0.1) is 13.8 Å². The third-order valence-electron chi connectivity index (χ3n) is 6.47. The lowest BCUT2D eigenvalue weighted by molar-refractivity contribution is -0.138. The maximum atomic E-state index is 13.9. The van der Waals surface area contributed by atoms with Crippen molar-refractivity contribution in [2.24, 2.45) is 0 Å². The molecule has 2 unspecified atom stereocenters. The number of carboxylic acids is 1. The van der Waals surface area contributed by atoms with Crippen molar-refractivity contribution in [1.82, 2.24) is 8.75 Å². The van der Waals surface area contributed by atoms with Crippen molar-refractivity contribution in [2.75, 3.05) is 4.31 Å². The number of para-hydroxylation sites is 1. The van der Waals surface area contributed by atoms with Gasteiger partial charge in [0.2, 0.25) is 0 Å². The van der Waals surface area contributed by atoms with Crippen LogP contribution in [0.2, 0.25) is 0 Å². The minimum atomic E-state index is -4.14. The van der Waals surface area contributed by atoms with E-state index in [4.69, 9.17) is 0 Å². The molecule has 4 aromatic rings. The number of aromatic nitrogens is 2. The van der Waals surface area contributed by atoms with E-state index in [1.54, 1.807) is 50.2 Å². The van der Waals surface area contributed by atoms with Crippen molar-refractivity contribution in [2.45, 2.75) is 44.0 Å². The fourth-order valence-electron chi connectivity index (χ4n) is 4.98. The first-order chi connectivity index (χ1) is 16.3. The molecule has 1 aliphatic heterocycles. The Kier molecular flexibility index (Phi) is 5.41. The largest absolute Gasteiger partial charge is 0.480 e. The zero-order chi connectivity index (χ0) is 24.2. The lowest BCUT2D eigenvalue weighted by atomic mass is 9.83. The van der Waals surface area contributed by atoms with Crippen molar-refractivity contribution in [1.29, 1.82) is 0 Å². The van der Waals surface area contributed by atoms with Crippen molar-refractivity contribution < 1.29 is 18.3 Å². The van der Waals surface area contributed by atoms with Crippen LogP contribution < -0.4 is 4.31 Å². The van der Waals surface area contributed by atoms with Crippen LogP contribution in [-0.2, 0) is 21.2 Å². The fourth-order valence-corrected chi connectivity index (χ4v) is 7.54. The summed E-state index contributed by atoms with van der Waals surface area (Å²) in [5, 5.41) is 10.5. The van der Waals surface area contributed by atoms with Gasteiger partial charge in [-0.05, 0) is 60.2 Å². The van der Waals surface area contributed by atoms with Crippen molar-refractivity contribution >= 4 is 44.4 Å². The molecule has 0 fully saturated rings. The molecule has 1 aliphatic rings. The highest BCUT2D eigenvalue weighted by Gasteiger charge is 2.49. The number of aliphatic carboxylic acids is 1. The second-order valence-electron chi connectivity index (χ2n) is 8.51. The Hall–Kier alpha value is -3.30. The van der Waals surface area contributed by atoms with E-state index in [0.29, 0.717) is 39.9 Å². The van der Waals surface area contributed by atoms with Gasteiger partial charge < -0.3 is 5.11 Å². The molecule has 5 rings (SSSR count). The third-order valence-corrected chi connectivity index (χ3v) is 8.87. The summed E-state index contributed by atoms with van der Waals surface area (Å²) in [5.41, 5.74) is 5.42. The van der Waals surface area contributed by atoms with Gasteiger partial charge in [0.25, 0.3) is 10.0 Å². The van der Waals surface area contributed by atoms with E-state index >= 15 is 0 Å². The van der Waals surface area contributed by atoms with Gasteiger partial charge in [-0.3, -0.25) is 4.31 Å².